The number of hydrogen-bond donors (Lipinski definition) is 1. The van der Waals surface area contributed by atoms with E-state index < -0.39 is 0 Å². The summed E-state index contributed by atoms with van der Waals surface area (Å²) in [5.41, 5.74) is 3.23. The topological polar surface area (TPSA) is 77.6 Å². The molecule has 0 bridgehead atoms. The molecule has 0 aliphatic carbocycles. The third kappa shape index (κ3) is 5.06. The molecule has 0 aliphatic rings. The standard InChI is InChI=1S/C24H26N6O/c1-24(2,3)21-14-22(30(27-21)16-19-12-8-5-9-13-19)25-23(31)20-17-29(28-26-20)15-18-10-6-4-7-11-18/h4-14,17H,15-16H2,1-3H3,(H,25,31). The molecule has 0 fully saturated rings. The summed E-state index contributed by atoms with van der Waals surface area (Å²) in [6.45, 7) is 7.42. The maximum atomic E-state index is 12.9. The van der Waals surface area contributed by atoms with E-state index in [1.165, 1.54) is 0 Å². The molecule has 0 aliphatic heterocycles. The van der Waals surface area contributed by atoms with E-state index >= 15 is 0 Å². The quantitative estimate of drug-likeness (QED) is 0.515. The molecule has 0 radical (unpaired) electrons. The first kappa shape index (κ1) is 20.5. The van der Waals surface area contributed by atoms with Crippen LogP contribution in [0.5, 0.6) is 0 Å². The Labute approximate surface area is 181 Å². The summed E-state index contributed by atoms with van der Waals surface area (Å²) in [6.07, 6.45) is 1.66. The van der Waals surface area contributed by atoms with Crippen LogP contribution < -0.4 is 5.32 Å². The minimum atomic E-state index is -0.311. The first-order valence-electron chi connectivity index (χ1n) is 10.3. The summed E-state index contributed by atoms with van der Waals surface area (Å²) in [7, 11) is 0. The van der Waals surface area contributed by atoms with Gasteiger partial charge in [-0.1, -0.05) is 86.6 Å². The van der Waals surface area contributed by atoms with E-state index in [1.54, 1.807) is 10.9 Å². The van der Waals surface area contributed by atoms with Crippen molar-refractivity contribution in [1.82, 2.24) is 24.8 Å². The van der Waals surface area contributed by atoms with Crippen LogP contribution in [-0.4, -0.2) is 30.7 Å². The van der Waals surface area contributed by atoms with Crippen LogP contribution in [0.3, 0.4) is 0 Å². The molecule has 1 N–H and O–H groups in total. The number of carbonyl (C=O) groups excluding carboxylic acids is 1. The van der Waals surface area contributed by atoms with E-state index in [9.17, 15) is 4.79 Å². The van der Waals surface area contributed by atoms with Crippen LogP contribution in [-0.2, 0) is 18.5 Å². The molecule has 2 heterocycles. The molecule has 7 heteroatoms. The number of aromatic nitrogens is 5. The Bertz CT molecular complexity index is 1160. The number of benzene rings is 2. The van der Waals surface area contributed by atoms with Gasteiger partial charge in [0.15, 0.2) is 5.69 Å². The average molecular weight is 415 g/mol. The van der Waals surface area contributed by atoms with Gasteiger partial charge in [0.1, 0.15) is 5.82 Å². The molecule has 0 saturated heterocycles. The molecule has 0 atom stereocenters. The monoisotopic (exact) mass is 414 g/mol. The van der Waals surface area contributed by atoms with Gasteiger partial charge in [-0.15, -0.1) is 5.10 Å². The summed E-state index contributed by atoms with van der Waals surface area (Å²) in [5, 5.41) is 15.8. The predicted octanol–water partition coefficient (Wildman–Crippen LogP) is 4.12. The molecule has 1 amide bonds. The number of rotatable bonds is 6. The van der Waals surface area contributed by atoms with Crippen LogP contribution in [0, 0.1) is 0 Å². The van der Waals surface area contributed by atoms with Crippen LogP contribution in [0.4, 0.5) is 5.82 Å². The van der Waals surface area contributed by atoms with Gasteiger partial charge in [0.05, 0.1) is 25.0 Å². The maximum Gasteiger partial charge on any atom is 0.278 e. The van der Waals surface area contributed by atoms with Gasteiger partial charge >= 0.3 is 0 Å². The van der Waals surface area contributed by atoms with E-state index in [2.05, 4.69) is 36.4 Å². The van der Waals surface area contributed by atoms with Gasteiger partial charge in [-0.3, -0.25) is 4.79 Å². The zero-order valence-corrected chi connectivity index (χ0v) is 18.0. The number of hydrogen-bond acceptors (Lipinski definition) is 4. The summed E-state index contributed by atoms with van der Waals surface area (Å²) >= 11 is 0. The molecule has 2 aromatic heterocycles. The van der Waals surface area contributed by atoms with Crippen molar-refractivity contribution in [3.05, 3.63) is 95.4 Å². The second-order valence-electron chi connectivity index (χ2n) is 8.55. The molecular weight excluding hydrogens is 388 g/mol. The number of carbonyl (C=O) groups is 1. The van der Waals surface area contributed by atoms with Crippen molar-refractivity contribution < 1.29 is 4.79 Å². The van der Waals surface area contributed by atoms with Crippen molar-refractivity contribution in [3.63, 3.8) is 0 Å². The highest BCUT2D eigenvalue weighted by atomic mass is 16.2. The van der Waals surface area contributed by atoms with E-state index in [0.717, 1.165) is 16.8 Å². The van der Waals surface area contributed by atoms with Crippen molar-refractivity contribution >= 4 is 11.7 Å². The number of nitrogens with one attached hydrogen (secondary N) is 1. The number of nitrogens with zero attached hydrogens (tertiary/aromatic N) is 5. The van der Waals surface area contributed by atoms with Gasteiger partial charge in [-0.05, 0) is 11.1 Å². The normalized spacial score (nSPS) is 11.5. The van der Waals surface area contributed by atoms with Crippen molar-refractivity contribution in [2.45, 2.75) is 39.3 Å². The number of amides is 1. The second-order valence-corrected chi connectivity index (χ2v) is 8.55. The lowest BCUT2D eigenvalue weighted by Gasteiger charge is -2.14. The van der Waals surface area contributed by atoms with E-state index in [4.69, 9.17) is 5.10 Å². The fourth-order valence-corrected chi connectivity index (χ4v) is 3.19. The fourth-order valence-electron chi connectivity index (χ4n) is 3.19. The van der Waals surface area contributed by atoms with Crippen molar-refractivity contribution in [3.8, 4) is 0 Å². The van der Waals surface area contributed by atoms with Gasteiger partial charge in [-0.2, -0.15) is 5.10 Å². The Morgan fingerprint density at radius 3 is 2.16 bits per heavy atom. The molecule has 158 valence electrons. The summed E-state index contributed by atoms with van der Waals surface area (Å²) < 4.78 is 3.48. The molecule has 2 aromatic carbocycles. The number of anilines is 1. The molecule has 0 unspecified atom stereocenters. The average Bonchev–Trinajstić information content (AvgIpc) is 3.37. The smallest absolute Gasteiger partial charge is 0.278 e. The largest absolute Gasteiger partial charge is 0.305 e. The SMILES string of the molecule is CC(C)(C)c1cc(NC(=O)c2cn(Cc3ccccc3)nn2)n(Cc2ccccc2)n1. The molecule has 4 aromatic rings. The Morgan fingerprint density at radius 1 is 0.935 bits per heavy atom. The van der Waals surface area contributed by atoms with Gasteiger partial charge in [-0.25, -0.2) is 9.36 Å². The zero-order valence-electron chi connectivity index (χ0n) is 18.0. The Hall–Kier alpha value is -3.74. The lowest BCUT2D eigenvalue weighted by Crippen LogP contribution is -2.17. The van der Waals surface area contributed by atoms with Gasteiger partial charge < -0.3 is 5.32 Å². The highest BCUT2D eigenvalue weighted by Gasteiger charge is 2.22. The zero-order chi connectivity index (χ0) is 21.8. The van der Waals surface area contributed by atoms with Crippen LogP contribution in [0.25, 0.3) is 0 Å². The summed E-state index contributed by atoms with van der Waals surface area (Å²) in [6, 6.07) is 21.9. The minimum Gasteiger partial charge on any atom is -0.305 e. The molecular formula is C24H26N6O. The Kier molecular flexibility index (Phi) is 5.66. The van der Waals surface area contributed by atoms with Crippen LogP contribution in [0.15, 0.2) is 72.9 Å². The van der Waals surface area contributed by atoms with Crippen molar-refractivity contribution in [1.29, 1.82) is 0 Å². The maximum absolute atomic E-state index is 12.9. The predicted molar refractivity (Wildman–Crippen MR) is 120 cm³/mol. The van der Waals surface area contributed by atoms with Crippen LogP contribution in [0.2, 0.25) is 0 Å². The molecule has 4 rings (SSSR count). The third-order valence-electron chi connectivity index (χ3n) is 4.92. The van der Waals surface area contributed by atoms with E-state index in [-0.39, 0.29) is 17.0 Å². The highest BCUT2D eigenvalue weighted by molar-refractivity contribution is 6.02. The highest BCUT2D eigenvalue weighted by Crippen LogP contribution is 2.25. The lowest BCUT2D eigenvalue weighted by atomic mass is 9.92. The molecule has 0 spiro atoms. The van der Waals surface area contributed by atoms with Crippen LogP contribution in [0.1, 0.15) is 48.1 Å². The van der Waals surface area contributed by atoms with Gasteiger partial charge in [0.25, 0.3) is 5.91 Å². The molecule has 7 nitrogen and oxygen atoms in total. The third-order valence-corrected chi connectivity index (χ3v) is 4.92. The summed E-state index contributed by atoms with van der Waals surface area (Å²) in [4.78, 5) is 12.9. The Balaban J connectivity index is 1.54. The molecule has 31 heavy (non-hydrogen) atoms. The molecule has 0 saturated carbocycles. The second kappa shape index (κ2) is 8.55. The van der Waals surface area contributed by atoms with Crippen molar-refractivity contribution in [2.24, 2.45) is 0 Å². The lowest BCUT2D eigenvalue weighted by molar-refractivity contribution is 0.102. The van der Waals surface area contributed by atoms with E-state index in [1.807, 2.05) is 71.4 Å². The first-order chi connectivity index (χ1) is 14.9. The van der Waals surface area contributed by atoms with E-state index in [0.29, 0.717) is 18.9 Å². The fraction of sp³-hybridized carbons (Fsp3) is 0.250. The Morgan fingerprint density at radius 2 is 1.55 bits per heavy atom. The first-order valence-corrected chi connectivity index (χ1v) is 10.3. The van der Waals surface area contributed by atoms with Crippen molar-refractivity contribution in [2.75, 3.05) is 5.32 Å². The van der Waals surface area contributed by atoms with Gasteiger partial charge in [0, 0.05) is 11.5 Å². The summed E-state index contributed by atoms with van der Waals surface area (Å²) in [5.74, 6) is 0.324. The van der Waals surface area contributed by atoms with Gasteiger partial charge in [0.2, 0.25) is 0 Å². The van der Waals surface area contributed by atoms with Crippen LogP contribution >= 0.6 is 0 Å². The minimum absolute atomic E-state index is 0.139.